The zero-order chi connectivity index (χ0) is 12.1. The van der Waals surface area contributed by atoms with Crippen molar-refractivity contribution in [2.24, 2.45) is 5.92 Å². The number of H-pyrrole nitrogens is 1. The Hall–Kier alpha value is -1.39. The molecule has 1 N–H and O–H groups in total. The third-order valence-electron chi connectivity index (χ3n) is 3.25. The predicted octanol–water partition coefficient (Wildman–Crippen LogP) is 2.10. The normalized spacial score (nSPS) is 16.3. The number of carbonyl (C=O) groups is 1. The minimum atomic E-state index is -0.448. The maximum Gasteiger partial charge on any atom is 0.378 e. The maximum atomic E-state index is 11.4. The van der Waals surface area contributed by atoms with E-state index in [9.17, 15) is 4.79 Å². The molecular formula is C12H19N3O2. The van der Waals surface area contributed by atoms with E-state index < -0.39 is 5.97 Å². The largest absolute Gasteiger partial charge is 0.460 e. The average Bonchev–Trinajstić information content (AvgIpc) is 2.98. The molecule has 17 heavy (non-hydrogen) atoms. The van der Waals surface area contributed by atoms with Gasteiger partial charge >= 0.3 is 5.97 Å². The molecule has 2 rings (SSSR count). The number of rotatable bonds is 5. The third-order valence-corrected chi connectivity index (χ3v) is 3.25. The second-order valence-corrected chi connectivity index (χ2v) is 4.52. The van der Waals surface area contributed by atoms with Gasteiger partial charge in [-0.05, 0) is 19.3 Å². The summed E-state index contributed by atoms with van der Waals surface area (Å²) in [4.78, 5) is 15.5. The molecule has 5 nitrogen and oxygen atoms in total. The molecule has 0 aliphatic heterocycles. The van der Waals surface area contributed by atoms with Crippen molar-refractivity contribution in [2.45, 2.75) is 45.4 Å². The van der Waals surface area contributed by atoms with E-state index in [1.54, 1.807) is 6.92 Å². The Balaban J connectivity index is 1.83. The predicted molar refractivity (Wildman–Crippen MR) is 62.6 cm³/mol. The van der Waals surface area contributed by atoms with Crippen molar-refractivity contribution in [3.8, 4) is 0 Å². The molecule has 0 unspecified atom stereocenters. The second-order valence-electron chi connectivity index (χ2n) is 4.52. The van der Waals surface area contributed by atoms with Crippen molar-refractivity contribution in [1.29, 1.82) is 0 Å². The summed E-state index contributed by atoms with van der Waals surface area (Å²) in [5.41, 5.74) is 0. The molecular weight excluding hydrogens is 218 g/mol. The molecule has 0 amide bonds. The van der Waals surface area contributed by atoms with Crippen LogP contribution in [0.3, 0.4) is 0 Å². The lowest BCUT2D eigenvalue weighted by molar-refractivity contribution is 0.0512. The van der Waals surface area contributed by atoms with Gasteiger partial charge in [-0.25, -0.2) is 9.78 Å². The van der Waals surface area contributed by atoms with E-state index in [1.807, 2.05) is 0 Å². The van der Waals surface area contributed by atoms with Crippen LogP contribution in [0.25, 0.3) is 0 Å². The lowest BCUT2D eigenvalue weighted by Gasteiger charge is -2.05. The molecule has 0 aromatic carbocycles. The molecule has 1 saturated carbocycles. The number of aryl methyl sites for hydroxylation is 1. The van der Waals surface area contributed by atoms with E-state index in [0.717, 1.165) is 24.6 Å². The van der Waals surface area contributed by atoms with E-state index >= 15 is 0 Å². The summed E-state index contributed by atoms with van der Waals surface area (Å²) >= 11 is 0. The van der Waals surface area contributed by atoms with Crippen LogP contribution in [0.5, 0.6) is 0 Å². The van der Waals surface area contributed by atoms with Gasteiger partial charge in [-0.3, -0.25) is 5.10 Å². The smallest absolute Gasteiger partial charge is 0.378 e. The van der Waals surface area contributed by atoms with Crippen LogP contribution in [0.2, 0.25) is 0 Å². The van der Waals surface area contributed by atoms with Crippen LogP contribution in [0, 0.1) is 5.92 Å². The van der Waals surface area contributed by atoms with Gasteiger partial charge in [-0.2, -0.15) is 0 Å². The van der Waals surface area contributed by atoms with Gasteiger partial charge in [0.15, 0.2) is 0 Å². The van der Waals surface area contributed by atoms with Crippen LogP contribution < -0.4 is 0 Å². The van der Waals surface area contributed by atoms with Gasteiger partial charge < -0.3 is 4.74 Å². The van der Waals surface area contributed by atoms with E-state index in [1.165, 1.54) is 25.7 Å². The van der Waals surface area contributed by atoms with Gasteiger partial charge in [0.25, 0.3) is 5.82 Å². The van der Waals surface area contributed by atoms with Crippen molar-refractivity contribution in [3.63, 3.8) is 0 Å². The Bertz CT molecular complexity index is 370. The highest BCUT2D eigenvalue weighted by Crippen LogP contribution is 2.28. The van der Waals surface area contributed by atoms with E-state index in [4.69, 9.17) is 4.74 Å². The molecule has 94 valence electrons. The number of aromatic nitrogens is 3. The average molecular weight is 237 g/mol. The molecule has 0 bridgehead atoms. The summed E-state index contributed by atoms with van der Waals surface area (Å²) in [5, 5.41) is 6.68. The summed E-state index contributed by atoms with van der Waals surface area (Å²) in [6.45, 7) is 2.12. The van der Waals surface area contributed by atoms with E-state index in [0.29, 0.717) is 6.61 Å². The minimum absolute atomic E-state index is 0.147. The Morgan fingerprint density at radius 3 is 2.94 bits per heavy atom. The Morgan fingerprint density at radius 1 is 1.47 bits per heavy atom. The van der Waals surface area contributed by atoms with Gasteiger partial charge in [-0.15, -0.1) is 5.10 Å². The Labute approximate surface area is 101 Å². The molecule has 1 fully saturated rings. The molecule has 1 aliphatic carbocycles. The highest BCUT2D eigenvalue weighted by molar-refractivity contribution is 5.84. The number of nitrogens with zero attached hydrogens (tertiary/aromatic N) is 2. The molecule has 0 radical (unpaired) electrons. The first-order chi connectivity index (χ1) is 8.29. The number of ether oxygens (including phenoxy) is 1. The number of esters is 1. The van der Waals surface area contributed by atoms with Gasteiger partial charge in [0.05, 0.1) is 6.61 Å². The van der Waals surface area contributed by atoms with Crippen molar-refractivity contribution in [2.75, 3.05) is 6.61 Å². The molecule has 1 aromatic heterocycles. The van der Waals surface area contributed by atoms with Crippen LogP contribution in [0.1, 0.15) is 55.5 Å². The highest BCUT2D eigenvalue weighted by atomic mass is 16.5. The molecule has 0 saturated heterocycles. The summed E-state index contributed by atoms with van der Waals surface area (Å²) in [5.74, 6) is 1.32. The van der Waals surface area contributed by atoms with E-state index in [2.05, 4.69) is 15.2 Å². The molecule has 1 aromatic rings. The first kappa shape index (κ1) is 12.1. The first-order valence-electron chi connectivity index (χ1n) is 6.38. The Morgan fingerprint density at radius 2 is 2.24 bits per heavy atom. The Kier molecular flexibility index (Phi) is 4.12. The van der Waals surface area contributed by atoms with Crippen molar-refractivity contribution >= 4 is 5.97 Å². The highest BCUT2D eigenvalue weighted by Gasteiger charge is 2.17. The van der Waals surface area contributed by atoms with Crippen LogP contribution >= 0.6 is 0 Å². The van der Waals surface area contributed by atoms with Gasteiger partial charge in [0, 0.05) is 6.42 Å². The second kappa shape index (κ2) is 5.80. The quantitative estimate of drug-likeness (QED) is 0.796. The fourth-order valence-electron chi connectivity index (χ4n) is 2.33. The zero-order valence-corrected chi connectivity index (χ0v) is 10.2. The topological polar surface area (TPSA) is 67.9 Å². The number of carbonyl (C=O) groups excluding carboxylic acids is 1. The van der Waals surface area contributed by atoms with Gasteiger partial charge in [0.2, 0.25) is 0 Å². The molecule has 1 aliphatic rings. The zero-order valence-electron chi connectivity index (χ0n) is 10.2. The van der Waals surface area contributed by atoms with Crippen molar-refractivity contribution < 1.29 is 9.53 Å². The van der Waals surface area contributed by atoms with Gasteiger partial charge in [0.1, 0.15) is 5.82 Å². The van der Waals surface area contributed by atoms with Crippen LogP contribution in [0.15, 0.2) is 0 Å². The monoisotopic (exact) mass is 237 g/mol. The number of nitrogens with one attached hydrogen (secondary N) is 1. The number of aromatic amines is 1. The summed E-state index contributed by atoms with van der Waals surface area (Å²) < 4.78 is 4.84. The summed E-state index contributed by atoms with van der Waals surface area (Å²) in [6, 6.07) is 0. The van der Waals surface area contributed by atoms with Crippen molar-refractivity contribution in [3.05, 3.63) is 11.6 Å². The maximum absolute atomic E-state index is 11.4. The van der Waals surface area contributed by atoms with Crippen LogP contribution in [0.4, 0.5) is 0 Å². The number of hydrogen-bond donors (Lipinski definition) is 1. The van der Waals surface area contributed by atoms with Crippen LogP contribution in [-0.2, 0) is 11.2 Å². The first-order valence-corrected chi connectivity index (χ1v) is 6.38. The summed E-state index contributed by atoms with van der Waals surface area (Å²) in [6.07, 6.45) is 7.39. The fourth-order valence-corrected chi connectivity index (χ4v) is 2.33. The molecule has 0 spiro atoms. The molecule has 0 atom stereocenters. The van der Waals surface area contributed by atoms with Crippen LogP contribution in [-0.4, -0.2) is 27.8 Å². The minimum Gasteiger partial charge on any atom is -0.460 e. The van der Waals surface area contributed by atoms with Gasteiger partial charge in [-0.1, -0.05) is 25.7 Å². The molecule has 5 heteroatoms. The van der Waals surface area contributed by atoms with E-state index in [-0.39, 0.29) is 5.82 Å². The SMILES string of the molecule is CCOC(=O)c1n[nH]c(CCC2CCCC2)n1. The number of hydrogen-bond acceptors (Lipinski definition) is 4. The third kappa shape index (κ3) is 3.28. The summed E-state index contributed by atoms with van der Waals surface area (Å²) in [7, 11) is 0. The fraction of sp³-hybridized carbons (Fsp3) is 0.750. The lowest BCUT2D eigenvalue weighted by Crippen LogP contribution is -2.06. The van der Waals surface area contributed by atoms with Crippen molar-refractivity contribution in [1.82, 2.24) is 15.2 Å². The lowest BCUT2D eigenvalue weighted by atomic mass is 10.0. The molecule has 1 heterocycles. The standard InChI is InChI=1S/C12H19N3O2/c1-2-17-12(16)11-13-10(14-15-11)8-7-9-5-3-4-6-9/h9H,2-8H2,1H3,(H,13,14,15).